The van der Waals surface area contributed by atoms with Gasteiger partial charge in [-0.3, -0.25) is 14.9 Å². The zero-order valence-corrected chi connectivity index (χ0v) is 18.2. The van der Waals surface area contributed by atoms with E-state index in [0.29, 0.717) is 17.1 Å². The summed E-state index contributed by atoms with van der Waals surface area (Å²) in [4.78, 5) is 36.9. The molecule has 1 aliphatic rings. The van der Waals surface area contributed by atoms with Crippen LogP contribution in [-0.2, 0) is 9.53 Å². The van der Waals surface area contributed by atoms with Crippen molar-refractivity contribution in [3.05, 3.63) is 75.0 Å². The molecule has 2 aromatic carbocycles. The van der Waals surface area contributed by atoms with Crippen LogP contribution < -0.4 is 14.8 Å². The lowest BCUT2D eigenvalue weighted by Gasteiger charge is -2.29. The number of methoxy groups -OCH3 is 3. The molecule has 0 aliphatic carbocycles. The largest absolute Gasteiger partial charge is 0.497 e. The molecule has 0 spiro atoms. The molecule has 1 aliphatic heterocycles. The number of fused-ring (bicyclic) bond motifs is 1. The Labute approximate surface area is 192 Å². The van der Waals surface area contributed by atoms with E-state index in [1.54, 1.807) is 18.2 Å². The van der Waals surface area contributed by atoms with Crippen molar-refractivity contribution in [2.24, 2.45) is 0 Å². The third-order valence-electron chi connectivity index (χ3n) is 5.22. The molecule has 1 atom stereocenters. The number of nitro groups is 1. The van der Waals surface area contributed by atoms with Gasteiger partial charge in [0.2, 0.25) is 5.95 Å². The van der Waals surface area contributed by atoms with Crippen LogP contribution in [-0.4, -0.2) is 58.2 Å². The number of carbonyl (C=O) groups excluding carboxylic acids is 2. The molecule has 0 unspecified atom stereocenters. The van der Waals surface area contributed by atoms with Crippen LogP contribution in [0.4, 0.5) is 11.6 Å². The number of nitrogens with zero attached hydrogens (tertiary/aromatic N) is 5. The third-order valence-corrected chi connectivity index (χ3v) is 5.22. The van der Waals surface area contributed by atoms with E-state index in [1.165, 1.54) is 50.3 Å². The first kappa shape index (κ1) is 22.4. The number of esters is 1. The summed E-state index contributed by atoms with van der Waals surface area (Å²) in [6.45, 7) is 0. The summed E-state index contributed by atoms with van der Waals surface area (Å²) in [6.07, 6.45) is 0. The second-order valence-corrected chi connectivity index (χ2v) is 7.00. The number of Topliss-reactive ketones (excluding diaryl/α,β-unsaturated/α-hetero) is 1. The predicted molar refractivity (Wildman–Crippen MR) is 116 cm³/mol. The molecule has 0 saturated carbocycles. The lowest BCUT2D eigenvalue weighted by molar-refractivity contribution is -0.384. The Bertz CT molecular complexity index is 1320. The number of nitro benzene ring substituents is 1. The number of hydrogen-bond acceptors (Lipinski definition) is 11. The van der Waals surface area contributed by atoms with E-state index < -0.39 is 22.7 Å². The van der Waals surface area contributed by atoms with Crippen LogP contribution in [0.15, 0.2) is 53.7 Å². The van der Waals surface area contributed by atoms with Gasteiger partial charge in [0.05, 0.1) is 31.8 Å². The van der Waals surface area contributed by atoms with Crippen molar-refractivity contribution in [1.29, 1.82) is 0 Å². The van der Waals surface area contributed by atoms with Gasteiger partial charge in [0, 0.05) is 23.3 Å². The first-order chi connectivity index (χ1) is 16.4. The molecule has 0 amide bonds. The SMILES string of the molecule is COC(=O)C1=C(C(=O)c2ccc([N+](=O)[O-])cc2)[C@@H](c2cc(OC)ccc2OC)n2nnnc2N1. The molecule has 0 fully saturated rings. The Morgan fingerprint density at radius 2 is 1.82 bits per heavy atom. The number of ether oxygens (including phenoxy) is 3. The van der Waals surface area contributed by atoms with Gasteiger partial charge in [-0.25, -0.2) is 4.79 Å². The number of non-ortho nitro benzene ring substituents is 1. The molecule has 0 saturated heterocycles. The van der Waals surface area contributed by atoms with Crippen LogP contribution in [0.1, 0.15) is 22.0 Å². The van der Waals surface area contributed by atoms with E-state index in [4.69, 9.17) is 14.2 Å². The quantitative estimate of drug-likeness (QED) is 0.234. The molecular formula is C21H18N6O7. The number of aromatic nitrogens is 4. The maximum absolute atomic E-state index is 13.8. The number of benzene rings is 2. The van der Waals surface area contributed by atoms with E-state index in [9.17, 15) is 19.7 Å². The summed E-state index contributed by atoms with van der Waals surface area (Å²) in [5.41, 5.74) is 0.125. The molecule has 34 heavy (non-hydrogen) atoms. The fourth-order valence-electron chi connectivity index (χ4n) is 3.62. The molecule has 13 nitrogen and oxygen atoms in total. The Morgan fingerprint density at radius 3 is 2.44 bits per heavy atom. The van der Waals surface area contributed by atoms with Gasteiger partial charge < -0.3 is 19.5 Å². The van der Waals surface area contributed by atoms with Crippen molar-refractivity contribution in [1.82, 2.24) is 20.2 Å². The van der Waals surface area contributed by atoms with E-state index in [1.807, 2.05) is 0 Å². The fraction of sp³-hybridized carbons (Fsp3) is 0.190. The Kier molecular flexibility index (Phi) is 5.91. The maximum atomic E-state index is 13.8. The second kappa shape index (κ2) is 8.97. The number of nitrogens with one attached hydrogen (secondary N) is 1. The average molecular weight is 466 g/mol. The first-order valence-corrected chi connectivity index (χ1v) is 9.78. The molecule has 174 valence electrons. The van der Waals surface area contributed by atoms with E-state index in [-0.39, 0.29) is 28.5 Å². The van der Waals surface area contributed by atoms with Gasteiger partial charge in [-0.15, -0.1) is 0 Å². The summed E-state index contributed by atoms with van der Waals surface area (Å²) < 4.78 is 17.1. The van der Waals surface area contributed by atoms with Gasteiger partial charge in [0.1, 0.15) is 23.2 Å². The highest BCUT2D eigenvalue weighted by atomic mass is 16.6. The van der Waals surface area contributed by atoms with Crippen molar-refractivity contribution in [3.63, 3.8) is 0 Å². The second-order valence-electron chi connectivity index (χ2n) is 7.00. The number of carbonyl (C=O) groups is 2. The number of rotatable bonds is 7. The molecule has 4 rings (SSSR count). The first-order valence-electron chi connectivity index (χ1n) is 9.78. The Balaban J connectivity index is 1.97. The minimum Gasteiger partial charge on any atom is -0.497 e. The minimum atomic E-state index is -1.02. The lowest BCUT2D eigenvalue weighted by Crippen LogP contribution is -2.33. The highest BCUT2D eigenvalue weighted by molar-refractivity contribution is 6.15. The van der Waals surface area contributed by atoms with Crippen LogP contribution >= 0.6 is 0 Å². The van der Waals surface area contributed by atoms with E-state index in [0.717, 1.165) is 0 Å². The van der Waals surface area contributed by atoms with Gasteiger partial charge in [0.15, 0.2) is 5.78 Å². The predicted octanol–water partition coefficient (Wildman–Crippen LogP) is 1.92. The highest BCUT2D eigenvalue weighted by Crippen LogP contribution is 2.41. The zero-order chi connectivity index (χ0) is 24.4. The van der Waals surface area contributed by atoms with Gasteiger partial charge in [-0.05, 0) is 40.8 Å². The monoisotopic (exact) mass is 466 g/mol. The minimum absolute atomic E-state index is 0.0490. The van der Waals surface area contributed by atoms with Crippen molar-refractivity contribution in [2.75, 3.05) is 26.6 Å². The van der Waals surface area contributed by atoms with Gasteiger partial charge in [0.25, 0.3) is 5.69 Å². The molecule has 3 aromatic rings. The van der Waals surface area contributed by atoms with E-state index in [2.05, 4.69) is 20.8 Å². The zero-order valence-electron chi connectivity index (χ0n) is 18.2. The van der Waals surface area contributed by atoms with Gasteiger partial charge >= 0.3 is 5.97 Å². The van der Waals surface area contributed by atoms with Crippen molar-refractivity contribution in [3.8, 4) is 11.5 Å². The summed E-state index contributed by atoms with van der Waals surface area (Å²) >= 11 is 0. The van der Waals surface area contributed by atoms with Crippen LogP contribution in [0.3, 0.4) is 0 Å². The highest BCUT2D eigenvalue weighted by Gasteiger charge is 2.40. The normalized spacial score (nSPS) is 14.6. The molecule has 0 radical (unpaired) electrons. The number of tetrazole rings is 1. The van der Waals surface area contributed by atoms with Crippen LogP contribution in [0.2, 0.25) is 0 Å². The topological polar surface area (TPSA) is 161 Å². The van der Waals surface area contributed by atoms with Gasteiger partial charge in [-0.2, -0.15) is 4.68 Å². The molecule has 1 aromatic heterocycles. The Hall–Kier alpha value is -4.81. The molecule has 13 heteroatoms. The van der Waals surface area contributed by atoms with Crippen LogP contribution in [0.25, 0.3) is 0 Å². The Morgan fingerprint density at radius 1 is 1.09 bits per heavy atom. The fourth-order valence-corrected chi connectivity index (χ4v) is 3.62. The van der Waals surface area contributed by atoms with Crippen LogP contribution in [0.5, 0.6) is 11.5 Å². The molecule has 2 heterocycles. The van der Waals surface area contributed by atoms with E-state index >= 15 is 0 Å². The molecular weight excluding hydrogens is 448 g/mol. The average Bonchev–Trinajstić information content (AvgIpc) is 3.34. The summed E-state index contributed by atoms with van der Waals surface area (Å²) in [5, 5.41) is 25.3. The number of allylic oxidation sites excluding steroid dienone is 1. The van der Waals surface area contributed by atoms with Crippen molar-refractivity contribution in [2.45, 2.75) is 6.04 Å². The number of anilines is 1. The smallest absolute Gasteiger partial charge is 0.355 e. The maximum Gasteiger partial charge on any atom is 0.355 e. The van der Waals surface area contributed by atoms with Crippen LogP contribution in [0, 0.1) is 10.1 Å². The number of ketones is 1. The van der Waals surface area contributed by atoms with Crippen molar-refractivity contribution >= 4 is 23.4 Å². The molecule has 1 N–H and O–H groups in total. The van der Waals surface area contributed by atoms with Crippen molar-refractivity contribution < 1.29 is 28.7 Å². The standard InChI is InChI=1S/C21H18N6O7/c1-32-13-8-9-15(33-2)14(10-13)18-16(19(28)11-4-6-12(7-5-11)27(30)31)17(20(29)34-3)22-21-23-24-25-26(18)21/h4-10,18H,1-3H3,(H,22,23,25)/t18-/m1/s1. The lowest BCUT2D eigenvalue weighted by atomic mass is 9.88. The third kappa shape index (κ3) is 3.79. The summed E-state index contributed by atoms with van der Waals surface area (Å²) in [7, 11) is 4.11. The number of hydrogen-bond donors (Lipinski definition) is 1. The van der Waals surface area contributed by atoms with Gasteiger partial charge in [-0.1, -0.05) is 5.10 Å². The molecule has 0 bridgehead atoms. The summed E-state index contributed by atoms with van der Waals surface area (Å²) in [6, 6.07) is 8.94. The summed E-state index contributed by atoms with van der Waals surface area (Å²) in [5.74, 6) is -0.487.